The summed E-state index contributed by atoms with van der Waals surface area (Å²) < 4.78 is 0. The van der Waals surface area contributed by atoms with Gasteiger partial charge in [0.05, 0.1) is 0 Å². The number of carbonyl (C=O) groups is 1. The lowest BCUT2D eigenvalue weighted by Crippen LogP contribution is -2.18. The number of fused-ring (bicyclic) bond motifs is 1. The van der Waals surface area contributed by atoms with Gasteiger partial charge in [0.2, 0.25) is 0 Å². The molecule has 3 aromatic rings. The largest absolute Gasteiger partial charge is 0.358 e. The smallest absolute Gasteiger partial charge is 0.274 e. The number of rotatable bonds is 3. The minimum atomic E-state index is -0.529. The number of amides is 1. The fourth-order valence-electron chi connectivity index (χ4n) is 2.34. The number of nitrogens with one attached hydrogen (secondary N) is 2. The quantitative estimate of drug-likeness (QED) is 0.512. The monoisotopic (exact) mass is 300 g/mol. The third-order valence-electron chi connectivity index (χ3n) is 3.38. The zero-order valence-electron chi connectivity index (χ0n) is 11.1. The number of hydrogen-bond donors (Lipinski definition) is 3. The van der Waals surface area contributed by atoms with Crippen molar-refractivity contribution in [2.45, 2.75) is 6.42 Å². The van der Waals surface area contributed by atoms with E-state index < -0.39 is 5.91 Å². The van der Waals surface area contributed by atoms with Gasteiger partial charge in [-0.2, -0.15) is 0 Å². The van der Waals surface area contributed by atoms with Crippen molar-refractivity contribution in [1.29, 1.82) is 0 Å². The van der Waals surface area contributed by atoms with E-state index in [0.29, 0.717) is 12.0 Å². The maximum atomic E-state index is 11.4. The van der Waals surface area contributed by atoms with Crippen LogP contribution in [-0.4, -0.2) is 16.1 Å². The Balaban J connectivity index is 1.94. The van der Waals surface area contributed by atoms with Gasteiger partial charge < -0.3 is 4.98 Å². The van der Waals surface area contributed by atoms with Crippen LogP contribution in [-0.2, 0) is 6.42 Å². The van der Waals surface area contributed by atoms with Crippen molar-refractivity contribution in [3.05, 3.63) is 70.4 Å². The number of halogens is 1. The first-order valence-electron chi connectivity index (χ1n) is 6.47. The van der Waals surface area contributed by atoms with Gasteiger partial charge in [0, 0.05) is 28.2 Å². The molecule has 0 bridgehead atoms. The Bertz CT molecular complexity index is 811. The van der Waals surface area contributed by atoms with E-state index in [0.717, 1.165) is 27.2 Å². The van der Waals surface area contributed by atoms with E-state index in [4.69, 9.17) is 16.8 Å². The summed E-state index contributed by atoms with van der Waals surface area (Å²) in [5.74, 6) is -0.529. The van der Waals surface area contributed by atoms with Gasteiger partial charge in [0.25, 0.3) is 5.91 Å². The van der Waals surface area contributed by atoms with Gasteiger partial charge in [-0.05, 0) is 35.2 Å². The minimum Gasteiger partial charge on any atom is -0.358 e. The molecule has 21 heavy (non-hydrogen) atoms. The van der Waals surface area contributed by atoms with Gasteiger partial charge in [-0.25, -0.2) is 5.48 Å². The van der Waals surface area contributed by atoms with Gasteiger partial charge in [-0.1, -0.05) is 35.9 Å². The molecule has 0 saturated carbocycles. The highest BCUT2D eigenvalue weighted by molar-refractivity contribution is 6.31. The van der Waals surface area contributed by atoms with E-state index in [1.807, 2.05) is 36.4 Å². The zero-order valence-corrected chi connectivity index (χ0v) is 11.8. The maximum Gasteiger partial charge on any atom is 0.274 e. The van der Waals surface area contributed by atoms with Crippen molar-refractivity contribution in [2.75, 3.05) is 0 Å². The van der Waals surface area contributed by atoms with Crippen LogP contribution in [0, 0.1) is 0 Å². The molecule has 3 N–H and O–H groups in total. The Morgan fingerprint density at radius 2 is 2.00 bits per heavy atom. The van der Waals surface area contributed by atoms with Crippen molar-refractivity contribution in [1.82, 2.24) is 10.5 Å². The molecule has 0 aliphatic rings. The molecule has 0 unspecified atom stereocenters. The van der Waals surface area contributed by atoms with E-state index in [1.165, 1.54) is 0 Å². The SMILES string of the molecule is O=C(NO)c1ccc2cc(Cc3ccccc3Cl)[nH]c2c1. The third kappa shape index (κ3) is 2.77. The van der Waals surface area contributed by atoms with Crippen LogP contribution in [0.4, 0.5) is 0 Å². The molecule has 0 fully saturated rings. The second-order valence-corrected chi connectivity index (χ2v) is 5.21. The van der Waals surface area contributed by atoms with Gasteiger partial charge in [-0.3, -0.25) is 10.0 Å². The molecule has 1 heterocycles. The Hall–Kier alpha value is -2.30. The Morgan fingerprint density at radius 3 is 2.76 bits per heavy atom. The number of hydrogen-bond acceptors (Lipinski definition) is 2. The first kappa shape index (κ1) is 13.7. The average Bonchev–Trinajstić information content (AvgIpc) is 2.90. The second-order valence-electron chi connectivity index (χ2n) is 4.81. The van der Waals surface area contributed by atoms with Gasteiger partial charge >= 0.3 is 0 Å². The van der Waals surface area contributed by atoms with Crippen molar-refractivity contribution in [3.63, 3.8) is 0 Å². The molecule has 1 aromatic heterocycles. The van der Waals surface area contributed by atoms with Gasteiger partial charge in [-0.15, -0.1) is 0 Å². The summed E-state index contributed by atoms with van der Waals surface area (Å²) in [5.41, 5.74) is 4.93. The van der Waals surface area contributed by atoms with E-state index in [1.54, 1.807) is 17.6 Å². The van der Waals surface area contributed by atoms with Crippen LogP contribution in [0.1, 0.15) is 21.6 Å². The Kier molecular flexibility index (Phi) is 3.64. The molecule has 0 radical (unpaired) electrons. The molecule has 1 amide bonds. The van der Waals surface area contributed by atoms with Crippen molar-refractivity contribution in [3.8, 4) is 0 Å². The zero-order chi connectivity index (χ0) is 14.8. The second kappa shape index (κ2) is 5.60. The predicted molar refractivity (Wildman–Crippen MR) is 81.8 cm³/mol. The number of aromatic nitrogens is 1. The minimum absolute atomic E-state index is 0.399. The standard InChI is InChI=1S/C16H13ClN2O2/c17-14-4-2-1-3-10(14)7-13-8-11-5-6-12(16(20)19-21)9-15(11)18-13/h1-6,8-9,18,21H,7H2,(H,19,20). The highest BCUT2D eigenvalue weighted by Crippen LogP contribution is 2.22. The normalized spacial score (nSPS) is 10.8. The fourth-order valence-corrected chi connectivity index (χ4v) is 2.54. The molecule has 0 aliphatic heterocycles. The Morgan fingerprint density at radius 1 is 1.19 bits per heavy atom. The van der Waals surface area contributed by atoms with Crippen LogP contribution in [0.25, 0.3) is 10.9 Å². The highest BCUT2D eigenvalue weighted by atomic mass is 35.5. The summed E-state index contributed by atoms with van der Waals surface area (Å²) in [7, 11) is 0. The van der Waals surface area contributed by atoms with Crippen LogP contribution >= 0.6 is 11.6 Å². The molecular weight excluding hydrogens is 288 g/mol. The lowest BCUT2D eigenvalue weighted by molar-refractivity contribution is 0.0706. The van der Waals surface area contributed by atoms with Crippen LogP contribution in [0.2, 0.25) is 5.02 Å². The molecule has 4 nitrogen and oxygen atoms in total. The van der Waals surface area contributed by atoms with Crippen LogP contribution in [0.5, 0.6) is 0 Å². The molecule has 0 aliphatic carbocycles. The maximum absolute atomic E-state index is 11.4. The summed E-state index contributed by atoms with van der Waals surface area (Å²) in [4.78, 5) is 14.7. The molecule has 0 atom stereocenters. The summed E-state index contributed by atoms with van der Waals surface area (Å²) in [6.07, 6.45) is 0.690. The number of aromatic amines is 1. The number of H-pyrrole nitrogens is 1. The van der Waals surface area contributed by atoms with Crippen molar-refractivity contribution < 1.29 is 10.0 Å². The molecular formula is C16H13ClN2O2. The number of carbonyl (C=O) groups excluding carboxylic acids is 1. The topological polar surface area (TPSA) is 65.1 Å². The summed E-state index contributed by atoms with van der Waals surface area (Å²) in [6, 6.07) is 14.9. The average molecular weight is 301 g/mol. The van der Waals surface area contributed by atoms with Crippen LogP contribution in [0.3, 0.4) is 0 Å². The summed E-state index contributed by atoms with van der Waals surface area (Å²) in [5, 5.41) is 10.4. The van der Waals surface area contributed by atoms with E-state index in [-0.39, 0.29) is 0 Å². The van der Waals surface area contributed by atoms with Crippen LogP contribution in [0.15, 0.2) is 48.5 Å². The molecule has 0 spiro atoms. The van der Waals surface area contributed by atoms with Crippen molar-refractivity contribution in [2.24, 2.45) is 0 Å². The van der Waals surface area contributed by atoms with E-state index in [9.17, 15) is 4.79 Å². The predicted octanol–water partition coefficient (Wildman–Crippen LogP) is 3.53. The molecule has 106 valence electrons. The summed E-state index contributed by atoms with van der Waals surface area (Å²) in [6.45, 7) is 0. The number of hydroxylamine groups is 1. The lowest BCUT2D eigenvalue weighted by atomic mass is 10.1. The van der Waals surface area contributed by atoms with Gasteiger partial charge in [0.1, 0.15) is 0 Å². The van der Waals surface area contributed by atoms with Crippen molar-refractivity contribution >= 4 is 28.4 Å². The molecule has 2 aromatic carbocycles. The van der Waals surface area contributed by atoms with E-state index in [2.05, 4.69) is 4.98 Å². The fraction of sp³-hybridized carbons (Fsp3) is 0.0625. The molecule has 5 heteroatoms. The number of benzene rings is 2. The van der Waals surface area contributed by atoms with Gasteiger partial charge in [0.15, 0.2) is 0 Å². The van der Waals surface area contributed by atoms with Crippen LogP contribution < -0.4 is 5.48 Å². The first-order chi connectivity index (χ1) is 10.2. The summed E-state index contributed by atoms with van der Waals surface area (Å²) >= 11 is 6.16. The highest BCUT2D eigenvalue weighted by Gasteiger charge is 2.08. The Labute approximate surface area is 126 Å². The lowest BCUT2D eigenvalue weighted by Gasteiger charge is -2.01. The third-order valence-corrected chi connectivity index (χ3v) is 3.75. The molecule has 3 rings (SSSR count). The van der Waals surface area contributed by atoms with E-state index >= 15 is 0 Å². The first-order valence-corrected chi connectivity index (χ1v) is 6.84. The molecule has 0 saturated heterocycles.